The van der Waals surface area contributed by atoms with Crippen LogP contribution in [0, 0.1) is 5.92 Å². The van der Waals surface area contributed by atoms with Gasteiger partial charge in [-0.05, 0) is 49.3 Å². The van der Waals surface area contributed by atoms with Crippen molar-refractivity contribution in [3.05, 3.63) is 35.0 Å². The first-order valence-corrected chi connectivity index (χ1v) is 8.62. The third-order valence-electron chi connectivity index (χ3n) is 5.14. The lowest BCUT2D eigenvalue weighted by Gasteiger charge is -2.30. The number of likely N-dealkylation sites (tertiary alicyclic amines) is 1. The van der Waals surface area contributed by atoms with Crippen molar-refractivity contribution in [2.24, 2.45) is 5.92 Å². The predicted octanol–water partition coefficient (Wildman–Crippen LogP) is 3.32. The van der Waals surface area contributed by atoms with E-state index in [2.05, 4.69) is 18.1 Å². The van der Waals surface area contributed by atoms with Crippen LogP contribution in [0.25, 0.3) is 11.3 Å². The van der Waals surface area contributed by atoms with Crippen LogP contribution in [-0.2, 0) is 12.8 Å². The number of hydrogen-bond donors (Lipinski definition) is 0. The molecule has 1 aromatic heterocycles. The first-order chi connectivity index (χ1) is 11.7. The lowest BCUT2D eigenvalue weighted by atomic mass is 9.89. The van der Waals surface area contributed by atoms with Gasteiger partial charge in [0.15, 0.2) is 11.5 Å². The molecule has 0 saturated carbocycles. The minimum atomic E-state index is 0.0119. The highest BCUT2D eigenvalue weighted by Gasteiger charge is 2.31. The maximum atomic E-state index is 12.9. The molecular formula is C19H22N2O3. The smallest absolute Gasteiger partial charge is 0.276 e. The molecule has 5 heteroatoms. The van der Waals surface area contributed by atoms with Gasteiger partial charge in [0, 0.05) is 24.2 Å². The molecule has 0 spiro atoms. The van der Waals surface area contributed by atoms with Gasteiger partial charge in [0.1, 0.15) is 5.75 Å². The van der Waals surface area contributed by atoms with E-state index in [1.807, 2.05) is 17.0 Å². The highest BCUT2D eigenvalue weighted by molar-refractivity contribution is 5.95. The Morgan fingerprint density at radius 2 is 2.25 bits per heavy atom. The molecule has 0 unspecified atom stereocenters. The van der Waals surface area contributed by atoms with Crippen molar-refractivity contribution in [2.75, 3.05) is 20.2 Å². The van der Waals surface area contributed by atoms with Gasteiger partial charge in [0.25, 0.3) is 5.91 Å². The van der Waals surface area contributed by atoms with Gasteiger partial charge in [-0.2, -0.15) is 0 Å². The first kappa shape index (κ1) is 15.2. The number of carbonyl (C=O) groups is 1. The summed E-state index contributed by atoms with van der Waals surface area (Å²) >= 11 is 0. The second-order valence-electron chi connectivity index (χ2n) is 6.86. The third kappa shape index (κ3) is 2.48. The molecule has 126 valence electrons. The molecule has 1 aromatic carbocycles. The van der Waals surface area contributed by atoms with Crippen LogP contribution < -0.4 is 4.74 Å². The molecule has 2 aliphatic rings. The van der Waals surface area contributed by atoms with Gasteiger partial charge in [0.2, 0.25) is 0 Å². The van der Waals surface area contributed by atoms with Crippen LogP contribution in [0.2, 0.25) is 0 Å². The van der Waals surface area contributed by atoms with E-state index in [1.165, 1.54) is 12.0 Å². The van der Waals surface area contributed by atoms with E-state index in [0.29, 0.717) is 11.6 Å². The van der Waals surface area contributed by atoms with Crippen LogP contribution >= 0.6 is 0 Å². The molecule has 1 aliphatic carbocycles. The van der Waals surface area contributed by atoms with Crippen LogP contribution in [0.4, 0.5) is 0 Å². The lowest BCUT2D eigenvalue weighted by molar-refractivity contribution is 0.0671. The molecule has 2 heterocycles. The quantitative estimate of drug-likeness (QED) is 0.849. The zero-order valence-corrected chi connectivity index (χ0v) is 14.2. The number of fused-ring (bicyclic) bond motifs is 3. The van der Waals surface area contributed by atoms with Crippen molar-refractivity contribution in [2.45, 2.75) is 32.6 Å². The Balaban J connectivity index is 1.69. The standard InChI is InChI=1S/C19H22N2O3/c1-12-4-3-9-21(11-12)19(22)17-15-8-6-13-5-7-14(23-2)10-16(13)18(15)24-20-17/h5,7,10,12H,3-4,6,8-9,11H2,1-2H3/t12-/m1/s1. The zero-order chi connectivity index (χ0) is 16.7. The Morgan fingerprint density at radius 3 is 3.04 bits per heavy atom. The summed E-state index contributed by atoms with van der Waals surface area (Å²) in [5.74, 6) is 2.08. The average molecular weight is 326 g/mol. The Morgan fingerprint density at radius 1 is 1.38 bits per heavy atom. The second-order valence-corrected chi connectivity index (χ2v) is 6.86. The Hall–Kier alpha value is -2.30. The summed E-state index contributed by atoms with van der Waals surface area (Å²) < 4.78 is 10.9. The lowest BCUT2D eigenvalue weighted by Crippen LogP contribution is -2.39. The minimum Gasteiger partial charge on any atom is -0.497 e. The number of aryl methyl sites for hydroxylation is 1. The number of amides is 1. The van der Waals surface area contributed by atoms with Gasteiger partial charge in [0.05, 0.1) is 7.11 Å². The molecule has 0 radical (unpaired) electrons. The fourth-order valence-corrected chi connectivity index (χ4v) is 3.82. The number of methoxy groups -OCH3 is 1. The number of ether oxygens (including phenoxy) is 1. The van der Waals surface area contributed by atoms with E-state index < -0.39 is 0 Å². The zero-order valence-electron chi connectivity index (χ0n) is 14.2. The number of piperidine rings is 1. The van der Waals surface area contributed by atoms with E-state index in [9.17, 15) is 4.79 Å². The first-order valence-electron chi connectivity index (χ1n) is 8.62. The monoisotopic (exact) mass is 326 g/mol. The fraction of sp³-hybridized carbons (Fsp3) is 0.474. The predicted molar refractivity (Wildman–Crippen MR) is 90.2 cm³/mol. The summed E-state index contributed by atoms with van der Waals surface area (Å²) in [5, 5.41) is 4.15. The van der Waals surface area contributed by atoms with E-state index in [4.69, 9.17) is 9.26 Å². The van der Waals surface area contributed by atoms with E-state index in [-0.39, 0.29) is 5.91 Å². The summed E-state index contributed by atoms with van der Waals surface area (Å²) in [6, 6.07) is 5.99. The molecule has 1 saturated heterocycles. The molecule has 1 aliphatic heterocycles. The number of aromatic nitrogens is 1. The molecule has 1 fully saturated rings. The summed E-state index contributed by atoms with van der Waals surface area (Å²) in [4.78, 5) is 14.8. The summed E-state index contributed by atoms with van der Waals surface area (Å²) in [7, 11) is 1.65. The topological polar surface area (TPSA) is 55.6 Å². The van der Waals surface area contributed by atoms with Gasteiger partial charge >= 0.3 is 0 Å². The van der Waals surface area contributed by atoms with Crippen LogP contribution in [-0.4, -0.2) is 36.2 Å². The Labute approximate surface area is 141 Å². The number of nitrogens with zero attached hydrogens (tertiary/aromatic N) is 2. The molecule has 4 rings (SSSR count). The maximum absolute atomic E-state index is 12.9. The number of rotatable bonds is 2. The van der Waals surface area contributed by atoms with Crippen molar-refractivity contribution >= 4 is 5.91 Å². The van der Waals surface area contributed by atoms with Gasteiger partial charge in [-0.3, -0.25) is 4.79 Å². The van der Waals surface area contributed by atoms with Gasteiger partial charge in [-0.25, -0.2) is 0 Å². The molecule has 1 atom stereocenters. The Bertz CT molecular complexity index is 781. The molecule has 0 bridgehead atoms. The number of benzene rings is 1. The van der Waals surface area contributed by atoms with Crippen LogP contribution in [0.3, 0.4) is 0 Å². The van der Waals surface area contributed by atoms with E-state index >= 15 is 0 Å². The highest BCUT2D eigenvalue weighted by Crippen LogP contribution is 2.37. The molecule has 2 aromatic rings. The van der Waals surface area contributed by atoms with Gasteiger partial charge in [-0.1, -0.05) is 18.1 Å². The van der Waals surface area contributed by atoms with Crippen molar-refractivity contribution in [3.63, 3.8) is 0 Å². The third-order valence-corrected chi connectivity index (χ3v) is 5.14. The van der Waals surface area contributed by atoms with Crippen molar-refractivity contribution in [1.82, 2.24) is 10.1 Å². The highest BCUT2D eigenvalue weighted by atomic mass is 16.5. The van der Waals surface area contributed by atoms with Crippen molar-refractivity contribution < 1.29 is 14.1 Å². The van der Waals surface area contributed by atoms with Crippen molar-refractivity contribution in [3.8, 4) is 17.1 Å². The molecule has 0 N–H and O–H groups in total. The van der Waals surface area contributed by atoms with E-state index in [1.54, 1.807) is 7.11 Å². The molecule has 24 heavy (non-hydrogen) atoms. The van der Waals surface area contributed by atoms with Gasteiger partial charge < -0.3 is 14.2 Å². The van der Waals surface area contributed by atoms with Gasteiger partial charge in [-0.15, -0.1) is 0 Å². The van der Waals surface area contributed by atoms with Crippen molar-refractivity contribution in [1.29, 1.82) is 0 Å². The number of carbonyl (C=O) groups excluding carboxylic acids is 1. The fourth-order valence-electron chi connectivity index (χ4n) is 3.82. The summed E-state index contributed by atoms with van der Waals surface area (Å²) in [6.45, 7) is 3.82. The minimum absolute atomic E-state index is 0.0119. The SMILES string of the molecule is COc1ccc2c(c1)-c1onc(C(=O)N3CCC[C@@H](C)C3)c1CC2. The molecular weight excluding hydrogens is 304 g/mol. The maximum Gasteiger partial charge on any atom is 0.276 e. The van der Waals surface area contributed by atoms with Crippen LogP contribution in [0.1, 0.15) is 41.4 Å². The summed E-state index contributed by atoms with van der Waals surface area (Å²) in [6.07, 6.45) is 3.94. The normalized spacial score (nSPS) is 19.6. The largest absolute Gasteiger partial charge is 0.497 e. The number of hydrogen-bond acceptors (Lipinski definition) is 4. The van der Waals surface area contributed by atoms with E-state index in [0.717, 1.165) is 55.0 Å². The summed E-state index contributed by atoms with van der Waals surface area (Å²) in [5.41, 5.74) is 3.64. The molecule has 5 nitrogen and oxygen atoms in total. The Kier molecular flexibility index (Phi) is 3.79. The molecule has 1 amide bonds. The average Bonchev–Trinajstić information content (AvgIpc) is 3.05. The van der Waals surface area contributed by atoms with Crippen LogP contribution in [0.15, 0.2) is 22.7 Å². The van der Waals surface area contributed by atoms with Crippen LogP contribution in [0.5, 0.6) is 5.75 Å². The second kappa shape index (κ2) is 5.96.